The van der Waals surface area contributed by atoms with Crippen LogP contribution in [0.15, 0.2) is 0 Å². The third-order valence-corrected chi connectivity index (χ3v) is 3.19. The first kappa shape index (κ1) is 15.9. The Bertz CT molecular complexity index is 190. The van der Waals surface area contributed by atoms with Crippen molar-refractivity contribution in [3.8, 4) is 0 Å². The third kappa shape index (κ3) is 6.46. The van der Waals surface area contributed by atoms with Crippen molar-refractivity contribution >= 4 is 0 Å². The number of nitrogens with one attached hydrogen (secondary N) is 2. The van der Waals surface area contributed by atoms with Crippen molar-refractivity contribution in [3.05, 3.63) is 0 Å². The van der Waals surface area contributed by atoms with E-state index in [1.54, 1.807) is 0 Å². The highest BCUT2D eigenvalue weighted by Gasteiger charge is 2.27. The van der Waals surface area contributed by atoms with Crippen molar-refractivity contribution in [1.29, 1.82) is 0 Å². The molecule has 0 bridgehead atoms. The van der Waals surface area contributed by atoms with Crippen LogP contribution in [0.4, 0.5) is 0 Å². The summed E-state index contributed by atoms with van der Waals surface area (Å²) in [5, 5.41) is 12.4. The molecule has 0 aromatic rings. The van der Waals surface area contributed by atoms with Crippen LogP contribution in [0.2, 0.25) is 0 Å². The molecule has 0 heterocycles. The van der Waals surface area contributed by atoms with Crippen LogP contribution in [0.5, 0.6) is 0 Å². The van der Waals surface area contributed by atoms with E-state index in [0.717, 1.165) is 12.8 Å². The highest BCUT2D eigenvalue weighted by Crippen LogP contribution is 2.30. The van der Waals surface area contributed by atoms with Gasteiger partial charge in [0.1, 0.15) is 0 Å². The Hall–Kier alpha value is -0.120. The summed E-state index contributed by atoms with van der Waals surface area (Å²) < 4.78 is 0. The smallest absolute Gasteiger partial charge is 0.0388 e. The standard InChI is InChI=1S/C13H30N2O/c1-7-8-12(2,3)9-11(14-6)10-13(4,5)15-16/h11,14-16H,7-10H2,1-6H3. The molecule has 3 N–H and O–H groups in total. The fraction of sp³-hybridized carbons (Fsp3) is 1.00. The minimum Gasteiger partial charge on any atom is -0.317 e. The van der Waals surface area contributed by atoms with Gasteiger partial charge < -0.3 is 10.5 Å². The van der Waals surface area contributed by atoms with E-state index in [2.05, 4.69) is 31.6 Å². The minimum atomic E-state index is -0.226. The molecule has 0 spiro atoms. The van der Waals surface area contributed by atoms with Gasteiger partial charge in [-0.2, -0.15) is 5.48 Å². The second kappa shape index (κ2) is 6.58. The van der Waals surface area contributed by atoms with Crippen molar-refractivity contribution in [1.82, 2.24) is 10.8 Å². The summed E-state index contributed by atoms with van der Waals surface area (Å²) in [5.41, 5.74) is 2.53. The lowest BCUT2D eigenvalue weighted by atomic mass is 9.79. The van der Waals surface area contributed by atoms with Gasteiger partial charge >= 0.3 is 0 Å². The molecule has 0 aromatic carbocycles. The van der Waals surface area contributed by atoms with Gasteiger partial charge in [-0.05, 0) is 45.6 Å². The van der Waals surface area contributed by atoms with Crippen LogP contribution >= 0.6 is 0 Å². The summed E-state index contributed by atoms with van der Waals surface area (Å²) in [6.45, 7) is 10.9. The zero-order chi connectivity index (χ0) is 12.8. The van der Waals surface area contributed by atoms with Crippen LogP contribution in [0.25, 0.3) is 0 Å². The number of rotatable bonds is 8. The van der Waals surface area contributed by atoms with Gasteiger partial charge in [0, 0.05) is 11.6 Å². The van der Waals surface area contributed by atoms with Gasteiger partial charge in [0.2, 0.25) is 0 Å². The van der Waals surface area contributed by atoms with E-state index in [-0.39, 0.29) is 5.54 Å². The Morgan fingerprint density at radius 1 is 1.12 bits per heavy atom. The Morgan fingerprint density at radius 3 is 2.06 bits per heavy atom. The van der Waals surface area contributed by atoms with Crippen molar-refractivity contribution < 1.29 is 5.21 Å². The fourth-order valence-corrected chi connectivity index (χ4v) is 2.38. The molecule has 0 saturated heterocycles. The molecule has 0 saturated carbocycles. The lowest BCUT2D eigenvalue weighted by Crippen LogP contribution is -2.44. The minimum absolute atomic E-state index is 0.226. The van der Waals surface area contributed by atoms with Crippen molar-refractivity contribution in [2.24, 2.45) is 5.41 Å². The molecule has 1 unspecified atom stereocenters. The van der Waals surface area contributed by atoms with E-state index < -0.39 is 0 Å². The molecule has 3 nitrogen and oxygen atoms in total. The molecule has 3 heteroatoms. The van der Waals surface area contributed by atoms with Gasteiger partial charge in [-0.25, -0.2) is 0 Å². The van der Waals surface area contributed by atoms with Crippen LogP contribution in [0, 0.1) is 5.41 Å². The first-order chi connectivity index (χ1) is 7.26. The molecular formula is C13H30N2O. The fourth-order valence-electron chi connectivity index (χ4n) is 2.38. The molecule has 0 rings (SSSR count). The summed E-state index contributed by atoms with van der Waals surface area (Å²) in [6.07, 6.45) is 4.54. The van der Waals surface area contributed by atoms with Gasteiger partial charge in [-0.1, -0.05) is 27.2 Å². The molecule has 0 fully saturated rings. The molecule has 0 radical (unpaired) electrons. The predicted octanol–water partition coefficient (Wildman–Crippen LogP) is 2.94. The quantitative estimate of drug-likeness (QED) is 0.562. The second-order valence-electron chi connectivity index (χ2n) is 6.30. The van der Waals surface area contributed by atoms with Crippen LogP contribution in [-0.4, -0.2) is 23.8 Å². The normalized spacial score (nSPS) is 15.2. The van der Waals surface area contributed by atoms with Crippen LogP contribution < -0.4 is 10.8 Å². The lowest BCUT2D eigenvalue weighted by Gasteiger charge is -2.34. The van der Waals surface area contributed by atoms with Gasteiger partial charge in [-0.15, -0.1) is 0 Å². The SMILES string of the molecule is CCCC(C)(C)CC(CC(C)(C)NO)NC. The van der Waals surface area contributed by atoms with Crippen molar-refractivity contribution in [3.63, 3.8) is 0 Å². The van der Waals surface area contributed by atoms with Gasteiger partial charge in [0.15, 0.2) is 0 Å². The largest absolute Gasteiger partial charge is 0.317 e. The van der Waals surface area contributed by atoms with E-state index in [1.807, 2.05) is 20.9 Å². The van der Waals surface area contributed by atoms with E-state index >= 15 is 0 Å². The average molecular weight is 230 g/mol. The molecule has 0 aliphatic rings. The van der Waals surface area contributed by atoms with Gasteiger partial charge in [0.05, 0.1) is 0 Å². The maximum Gasteiger partial charge on any atom is 0.0388 e. The molecule has 98 valence electrons. The summed E-state index contributed by atoms with van der Waals surface area (Å²) in [7, 11) is 2.00. The molecule has 0 aliphatic carbocycles. The summed E-state index contributed by atoms with van der Waals surface area (Å²) in [4.78, 5) is 0. The summed E-state index contributed by atoms with van der Waals surface area (Å²) in [6, 6.07) is 0.441. The monoisotopic (exact) mass is 230 g/mol. The van der Waals surface area contributed by atoms with Crippen molar-refractivity contribution in [2.75, 3.05) is 7.05 Å². The predicted molar refractivity (Wildman–Crippen MR) is 69.8 cm³/mol. The number of hydrogen-bond donors (Lipinski definition) is 3. The maximum absolute atomic E-state index is 9.06. The van der Waals surface area contributed by atoms with Crippen LogP contribution in [-0.2, 0) is 0 Å². The van der Waals surface area contributed by atoms with Gasteiger partial charge in [-0.3, -0.25) is 0 Å². The van der Waals surface area contributed by atoms with E-state index in [1.165, 1.54) is 12.8 Å². The zero-order valence-electron chi connectivity index (χ0n) is 11.9. The molecule has 16 heavy (non-hydrogen) atoms. The lowest BCUT2D eigenvalue weighted by molar-refractivity contribution is 0.0659. The molecule has 0 aromatic heterocycles. The molecule has 1 atom stereocenters. The summed E-state index contributed by atoms with van der Waals surface area (Å²) in [5.74, 6) is 0. The number of hydrogen-bond acceptors (Lipinski definition) is 3. The Morgan fingerprint density at radius 2 is 1.69 bits per heavy atom. The first-order valence-electron chi connectivity index (χ1n) is 6.35. The third-order valence-electron chi connectivity index (χ3n) is 3.19. The number of hydroxylamine groups is 1. The Kier molecular flexibility index (Phi) is 6.53. The highest BCUT2D eigenvalue weighted by atomic mass is 16.5. The topological polar surface area (TPSA) is 44.3 Å². The highest BCUT2D eigenvalue weighted by molar-refractivity contribution is 4.84. The Labute approximate surface area is 101 Å². The van der Waals surface area contributed by atoms with E-state index in [0.29, 0.717) is 11.5 Å². The average Bonchev–Trinajstić information content (AvgIpc) is 2.16. The molecule has 0 amide bonds. The zero-order valence-corrected chi connectivity index (χ0v) is 11.9. The molecule has 0 aliphatic heterocycles. The maximum atomic E-state index is 9.06. The molecular weight excluding hydrogens is 200 g/mol. The second-order valence-corrected chi connectivity index (χ2v) is 6.30. The summed E-state index contributed by atoms with van der Waals surface area (Å²) >= 11 is 0. The van der Waals surface area contributed by atoms with Crippen molar-refractivity contribution in [2.45, 2.75) is 71.9 Å². The van der Waals surface area contributed by atoms with Gasteiger partial charge in [0.25, 0.3) is 0 Å². The van der Waals surface area contributed by atoms with E-state index in [9.17, 15) is 0 Å². The first-order valence-corrected chi connectivity index (χ1v) is 6.35. The van der Waals surface area contributed by atoms with E-state index in [4.69, 9.17) is 5.21 Å². The Balaban J connectivity index is 4.30. The van der Waals surface area contributed by atoms with Crippen LogP contribution in [0.1, 0.15) is 60.3 Å². The van der Waals surface area contributed by atoms with Crippen LogP contribution in [0.3, 0.4) is 0 Å².